The van der Waals surface area contributed by atoms with Crippen molar-refractivity contribution in [2.24, 2.45) is 0 Å². The first-order valence-corrected chi connectivity index (χ1v) is 10.5. The molecule has 0 bridgehead atoms. The van der Waals surface area contributed by atoms with Crippen LogP contribution in [0, 0.1) is 0 Å². The number of benzene rings is 2. The third-order valence-electron chi connectivity index (χ3n) is 4.82. The molecule has 8 heteroatoms. The molecule has 0 saturated carbocycles. The van der Waals surface area contributed by atoms with E-state index >= 15 is 0 Å². The number of likely N-dealkylation sites (tertiary alicyclic amines) is 1. The lowest BCUT2D eigenvalue weighted by atomic mass is 10.1. The largest absolute Gasteiger partial charge is 0.547 e. The van der Waals surface area contributed by atoms with Gasteiger partial charge in [-0.05, 0) is 26.3 Å². The quantitative estimate of drug-likeness (QED) is 0.605. The van der Waals surface area contributed by atoms with Crippen molar-refractivity contribution in [2.45, 2.75) is 51.2 Å². The number of aliphatic carboxylic acids is 1. The molecule has 1 heterocycles. The summed E-state index contributed by atoms with van der Waals surface area (Å²) < 4.78 is 5.34. The van der Waals surface area contributed by atoms with Crippen molar-refractivity contribution in [3.05, 3.63) is 71.8 Å². The molecule has 2 aromatic rings. The van der Waals surface area contributed by atoms with Gasteiger partial charge in [-0.25, -0.2) is 4.79 Å². The summed E-state index contributed by atoms with van der Waals surface area (Å²) in [4.78, 5) is 23.7. The van der Waals surface area contributed by atoms with Gasteiger partial charge in [-0.15, -0.1) is 0 Å². The first-order valence-electron chi connectivity index (χ1n) is 10.5. The summed E-state index contributed by atoms with van der Waals surface area (Å²) in [7, 11) is 0. The minimum atomic E-state index is -1.52. The van der Waals surface area contributed by atoms with Crippen molar-refractivity contribution < 1.29 is 35.0 Å². The zero-order valence-corrected chi connectivity index (χ0v) is 18.7. The summed E-state index contributed by atoms with van der Waals surface area (Å²) in [5, 5.41) is 31.3. The van der Waals surface area contributed by atoms with Crippen LogP contribution < -0.4 is 10.4 Å². The van der Waals surface area contributed by atoms with Gasteiger partial charge in [-0.3, -0.25) is 4.90 Å². The number of β-amino-alcohol motifs (C(OH)–C–C–N with tert-alkyl or cyclic N) is 1. The normalized spacial score (nSPS) is 19.0. The number of ether oxygens (including phenoxy) is 1. The third-order valence-corrected chi connectivity index (χ3v) is 4.82. The fraction of sp³-hybridized carbons (Fsp3) is 0.417. The van der Waals surface area contributed by atoms with Crippen LogP contribution in [-0.4, -0.2) is 58.0 Å². The van der Waals surface area contributed by atoms with Crippen LogP contribution in [0.3, 0.4) is 0 Å². The number of carboxylic acids is 1. The first-order chi connectivity index (χ1) is 15.1. The highest BCUT2D eigenvalue weighted by atomic mass is 16.6. The van der Waals surface area contributed by atoms with Gasteiger partial charge in [0.25, 0.3) is 0 Å². The molecule has 174 valence electrons. The van der Waals surface area contributed by atoms with Gasteiger partial charge >= 0.3 is 6.09 Å². The Labute approximate surface area is 188 Å². The topological polar surface area (TPSA) is 127 Å². The van der Waals surface area contributed by atoms with Crippen molar-refractivity contribution in [1.82, 2.24) is 4.90 Å². The average Bonchev–Trinajstić information content (AvgIpc) is 3.13. The number of hydrogen-bond acceptors (Lipinski definition) is 6. The molecule has 0 spiro atoms. The lowest BCUT2D eigenvalue weighted by Gasteiger charge is -2.23. The molecule has 0 aromatic heterocycles. The molecule has 1 aliphatic heterocycles. The monoisotopic (exact) mass is 444 g/mol. The number of carbonyl (C=O) groups is 2. The highest BCUT2D eigenvalue weighted by molar-refractivity contribution is 5.71. The van der Waals surface area contributed by atoms with Gasteiger partial charge in [0.1, 0.15) is 30.4 Å². The standard InChI is InChI=1S/C16H24N2O3.C8H8O3/c1-16(2,3)21-15(20)18-10-13(14(19)11-18)17-9-12-7-5-4-6-8-12;9-7(8(10)11)6-4-2-1-3-5-6/h4-8,13-14,17,19H,9-11H2,1-3H3;1-5,7,9H,(H,10,11)/t13-,14-;7-/m00/s1. The second-order valence-electron chi connectivity index (χ2n) is 8.67. The molecule has 0 radical (unpaired) electrons. The van der Waals surface area contributed by atoms with E-state index in [2.05, 4.69) is 17.4 Å². The number of carbonyl (C=O) groups excluding carboxylic acids is 2. The van der Waals surface area contributed by atoms with E-state index in [1.165, 1.54) is 17.7 Å². The molecule has 0 unspecified atom stereocenters. The van der Waals surface area contributed by atoms with Crippen LogP contribution in [0.2, 0.25) is 0 Å². The number of rotatable bonds is 5. The van der Waals surface area contributed by atoms with Gasteiger partial charge in [-0.2, -0.15) is 0 Å². The van der Waals surface area contributed by atoms with E-state index < -0.39 is 23.8 Å². The van der Waals surface area contributed by atoms with Gasteiger partial charge in [-0.1, -0.05) is 60.7 Å². The predicted molar refractivity (Wildman–Crippen MR) is 116 cm³/mol. The highest BCUT2D eigenvalue weighted by Gasteiger charge is 2.38. The maximum atomic E-state index is 12.0. The van der Waals surface area contributed by atoms with Crippen molar-refractivity contribution in [3.63, 3.8) is 0 Å². The molecular weight excluding hydrogens is 412 g/mol. The number of amides is 1. The Bertz CT molecular complexity index is 854. The van der Waals surface area contributed by atoms with Crippen LogP contribution in [0.1, 0.15) is 38.0 Å². The zero-order valence-electron chi connectivity index (χ0n) is 18.7. The minimum absolute atomic E-state index is 0.00211. The lowest BCUT2D eigenvalue weighted by Crippen LogP contribution is -2.91. The number of carboxylic acid groups (broad SMARTS) is 1. The fourth-order valence-corrected chi connectivity index (χ4v) is 3.19. The predicted octanol–water partition coefficient (Wildman–Crippen LogP) is 0.200. The number of aliphatic hydroxyl groups is 2. The number of aliphatic hydroxyl groups excluding tert-OH is 2. The van der Waals surface area contributed by atoms with Crippen LogP contribution in [-0.2, 0) is 16.1 Å². The van der Waals surface area contributed by atoms with Gasteiger partial charge in [0.2, 0.25) is 0 Å². The highest BCUT2D eigenvalue weighted by Crippen LogP contribution is 2.14. The molecule has 1 amide bonds. The van der Waals surface area contributed by atoms with E-state index in [1.807, 2.05) is 39.0 Å². The van der Waals surface area contributed by atoms with E-state index in [0.717, 1.165) is 6.54 Å². The van der Waals surface area contributed by atoms with Crippen LogP contribution in [0.25, 0.3) is 0 Å². The fourth-order valence-electron chi connectivity index (χ4n) is 3.19. The number of quaternary nitrogens is 1. The van der Waals surface area contributed by atoms with Crippen LogP contribution in [0.5, 0.6) is 0 Å². The van der Waals surface area contributed by atoms with E-state index in [4.69, 9.17) is 9.84 Å². The average molecular weight is 445 g/mol. The second-order valence-corrected chi connectivity index (χ2v) is 8.67. The molecule has 2 aromatic carbocycles. The Kier molecular flexibility index (Phi) is 9.19. The van der Waals surface area contributed by atoms with Crippen molar-refractivity contribution in [3.8, 4) is 0 Å². The van der Waals surface area contributed by atoms with Crippen molar-refractivity contribution in [1.29, 1.82) is 0 Å². The molecule has 0 aliphatic carbocycles. The Morgan fingerprint density at radius 1 is 1.09 bits per heavy atom. The summed E-state index contributed by atoms with van der Waals surface area (Å²) in [6.07, 6.45) is -2.38. The molecule has 8 nitrogen and oxygen atoms in total. The smallest absolute Gasteiger partial charge is 0.410 e. The van der Waals surface area contributed by atoms with E-state index in [1.54, 1.807) is 23.1 Å². The SMILES string of the molecule is CC(C)(C)OC(=O)N1C[C@H]([NH2+]Cc2ccccc2)[C@@H](O)C1.O=C([O-])[C@@H](O)c1ccccc1. The van der Waals surface area contributed by atoms with Crippen molar-refractivity contribution >= 4 is 12.1 Å². The molecule has 1 fully saturated rings. The summed E-state index contributed by atoms with van der Waals surface area (Å²) in [5.74, 6) is -1.48. The van der Waals surface area contributed by atoms with Gasteiger partial charge in [0, 0.05) is 5.56 Å². The molecule has 1 saturated heterocycles. The summed E-state index contributed by atoms with van der Waals surface area (Å²) >= 11 is 0. The number of nitrogens with two attached hydrogens (primary N) is 1. The first kappa shape index (κ1) is 25.3. The maximum Gasteiger partial charge on any atom is 0.410 e. The van der Waals surface area contributed by atoms with Crippen LogP contribution in [0.15, 0.2) is 60.7 Å². The van der Waals surface area contributed by atoms with E-state index in [9.17, 15) is 19.8 Å². The van der Waals surface area contributed by atoms with Crippen molar-refractivity contribution in [2.75, 3.05) is 13.1 Å². The van der Waals surface area contributed by atoms with E-state index in [0.29, 0.717) is 18.7 Å². The molecule has 3 atom stereocenters. The minimum Gasteiger partial charge on any atom is -0.547 e. The second kappa shape index (κ2) is 11.6. The Morgan fingerprint density at radius 2 is 1.66 bits per heavy atom. The summed E-state index contributed by atoms with van der Waals surface area (Å²) in [6, 6.07) is 18.2. The van der Waals surface area contributed by atoms with E-state index in [-0.39, 0.29) is 12.1 Å². The summed E-state index contributed by atoms with van der Waals surface area (Å²) in [5.41, 5.74) is 1.04. The van der Waals surface area contributed by atoms with Crippen LogP contribution >= 0.6 is 0 Å². The van der Waals surface area contributed by atoms with Gasteiger partial charge in [0.15, 0.2) is 0 Å². The Hall–Kier alpha value is -2.94. The zero-order chi connectivity index (χ0) is 23.7. The number of nitrogens with zero attached hydrogens (tertiary/aromatic N) is 1. The molecule has 1 aliphatic rings. The molecule has 3 rings (SSSR count). The molecule has 32 heavy (non-hydrogen) atoms. The van der Waals surface area contributed by atoms with Crippen LogP contribution in [0.4, 0.5) is 4.79 Å². The third kappa shape index (κ3) is 8.30. The Morgan fingerprint density at radius 3 is 2.19 bits per heavy atom. The van der Waals surface area contributed by atoms with Gasteiger partial charge < -0.3 is 30.2 Å². The molecule has 4 N–H and O–H groups in total. The lowest BCUT2D eigenvalue weighted by molar-refractivity contribution is -0.706. The molecular formula is C24H32N2O6. The Balaban J connectivity index is 0.000000278. The van der Waals surface area contributed by atoms with Gasteiger partial charge in [0.05, 0.1) is 19.1 Å². The number of hydrogen-bond donors (Lipinski definition) is 3. The summed E-state index contributed by atoms with van der Waals surface area (Å²) in [6.45, 7) is 7.18. The maximum absolute atomic E-state index is 12.0.